The van der Waals surface area contributed by atoms with Crippen molar-refractivity contribution in [1.29, 1.82) is 0 Å². The van der Waals surface area contributed by atoms with Crippen molar-refractivity contribution in [3.8, 4) is 11.3 Å². The van der Waals surface area contributed by atoms with E-state index in [4.69, 9.17) is 28.2 Å². The summed E-state index contributed by atoms with van der Waals surface area (Å²) < 4.78 is 6.34. The maximum absolute atomic E-state index is 11.7. The van der Waals surface area contributed by atoms with Gasteiger partial charge in [-0.3, -0.25) is 4.98 Å². The van der Waals surface area contributed by atoms with Crippen molar-refractivity contribution in [2.24, 2.45) is 5.92 Å². The summed E-state index contributed by atoms with van der Waals surface area (Å²) in [6.07, 6.45) is 3.95. The average Bonchev–Trinajstić information content (AvgIpc) is 3.62. The number of halogens is 1. The molecule has 2 saturated heterocycles. The molecule has 2 aliphatic rings. The molecule has 0 aliphatic carbocycles. The SMILES string of the molecule is CC1CCN(c2ccc(N3C(=S)N[C@H](c4ccccn4)[C@@H]3c3ccc(-c4cc(C(=O)O)cc(C(=O)O)c4)o3)cc2Cl)CC1. The number of hydrogen-bond donors (Lipinski definition) is 3. The van der Waals surface area contributed by atoms with Crippen LogP contribution >= 0.6 is 23.8 Å². The number of carboxylic acid groups (broad SMARTS) is 2. The fourth-order valence-corrected chi connectivity index (χ4v) is 6.40. The molecule has 2 aliphatic heterocycles. The zero-order valence-electron chi connectivity index (χ0n) is 23.2. The van der Waals surface area contributed by atoms with E-state index in [1.807, 2.05) is 41.3 Å². The van der Waals surface area contributed by atoms with Crippen LogP contribution in [0.25, 0.3) is 11.3 Å². The third-order valence-corrected chi connectivity index (χ3v) is 8.68. The number of carbonyl (C=O) groups is 2. The quantitative estimate of drug-likeness (QED) is 0.191. The first-order valence-electron chi connectivity index (χ1n) is 14.0. The van der Waals surface area contributed by atoms with Crippen LogP contribution in [0.3, 0.4) is 0 Å². The second-order valence-electron chi connectivity index (χ2n) is 10.9. The van der Waals surface area contributed by atoms with Crippen LogP contribution in [0.1, 0.15) is 64.0 Å². The lowest BCUT2D eigenvalue weighted by Gasteiger charge is -2.33. The number of nitrogens with zero attached hydrogens (tertiary/aromatic N) is 3. The summed E-state index contributed by atoms with van der Waals surface area (Å²) in [4.78, 5) is 32.2. The van der Waals surface area contributed by atoms with Gasteiger partial charge in [0.2, 0.25) is 0 Å². The van der Waals surface area contributed by atoms with Crippen molar-refractivity contribution < 1.29 is 24.2 Å². The normalized spacial score (nSPS) is 19.0. The van der Waals surface area contributed by atoms with Crippen LogP contribution in [0.15, 0.2) is 77.3 Å². The van der Waals surface area contributed by atoms with Gasteiger partial charge in [0.1, 0.15) is 17.6 Å². The molecule has 0 amide bonds. The van der Waals surface area contributed by atoms with E-state index in [1.165, 1.54) is 12.1 Å². The first-order chi connectivity index (χ1) is 20.7. The van der Waals surface area contributed by atoms with Gasteiger partial charge >= 0.3 is 11.9 Å². The third kappa shape index (κ3) is 5.68. The van der Waals surface area contributed by atoms with Gasteiger partial charge < -0.3 is 29.7 Å². The predicted molar refractivity (Wildman–Crippen MR) is 168 cm³/mol. The Labute approximate surface area is 258 Å². The summed E-state index contributed by atoms with van der Waals surface area (Å²) in [5.41, 5.74) is 2.55. The summed E-state index contributed by atoms with van der Waals surface area (Å²) in [5.74, 6) is -0.914. The number of nitrogens with one attached hydrogen (secondary N) is 1. The van der Waals surface area contributed by atoms with Gasteiger partial charge in [0.05, 0.1) is 33.6 Å². The standard InChI is InChI=1S/C32H29ClN4O5S/c1-18-9-12-36(13-10-18)25-6-5-22(17-23(25)33)37-29(28(35-32(37)43)24-4-2-3-11-34-24)27-8-7-26(42-27)19-14-20(30(38)39)16-21(15-19)31(40)41/h2-8,11,14-18,28-29H,9-10,12-13H2,1H3,(H,35,43)(H,38,39)(H,40,41)/t28-,29+/m1/s1. The number of hydrogen-bond acceptors (Lipinski definition) is 6. The van der Waals surface area contributed by atoms with Crippen molar-refractivity contribution in [2.45, 2.75) is 31.8 Å². The van der Waals surface area contributed by atoms with Crippen LogP contribution < -0.4 is 15.1 Å². The summed E-state index contributed by atoms with van der Waals surface area (Å²) in [6.45, 7) is 4.18. The van der Waals surface area contributed by atoms with E-state index >= 15 is 0 Å². The molecule has 220 valence electrons. The molecule has 2 fully saturated rings. The average molecular weight is 617 g/mol. The lowest BCUT2D eigenvalue weighted by molar-refractivity contribution is 0.0696. The molecule has 2 aromatic carbocycles. The third-order valence-electron chi connectivity index (χ3n) is 8.06. The number of thiocarbonyl (C=S) groups is 1. The number of piperidine rings is 1. The molecule has 0 spiro atoms. The van der Waals surface area contributed by atoms with E-state index in [2.05, 4.69) is 22.1 Å². The molecule has 0 unspecified atom stereocenters. The highest BCUT2D eigenvalue weighted by atomic mass is 35.5. The van der Waals surface area contributed by atoms with Crippen molar-refractivity contribution >= 4 is 52.2 Å². The monoisotopic (exact) mass is 616 g/mol. The number of pyridine rings is 1. The number of furan rings is 1. The maximum atomic E-state index is 11.7. The van der Waals surface area contributed by atoms with Gasteiger partial charge in [0, 0.05) is 30.5 Å². The minimum Gasteiger partial charge on any atom is -0.478 e. The van der Waals surface area contributed by atoms with Crippen molar-refractivity contribution in [2.75, 3.05) is 22.9 Å². The molecule has 3 N–H and O–H groups in total. The Kier molecular flexibility index (Phi) is 7.81. The number of aromatic carboxylic acids is 2. The zero-order valence-corrected chi connectivity index (χ0v) is 24.8. The largest absolute Gasteiger partial charge is 0.478 e. The number of benzene rings is 2. The van der Waals surface area contributed by atoms with Gasteiger partial charge in [-0.15, -0.1) is 0 Å². The van der Waals surface area contributed by atoms with Gasteiger partial charge in [0.15, 0.2) is 5.11 Å². The Hall–Kier alpha value is -4.41. The number of rotatable bonds is 7. The van der Waals surface area contributed by atoms with E-state index < -0.39 is 18.0 Å². The Morgan fingerprint density at radius 3 is 2.35 bits per heavy atom. The van der Waals surface area contributed by atoms with Gasteiger partial charge in [-0.2, -0.15) is 0 Å². The fourth-order valence-electron chi connectivity index (χ4n) is 5.76. The molecule has 0 saturated carbocycles. The van der Waals surface area contributed by atoms with Gasteiger partial charge in [-0.05, 0) is 91.6 Å². The summed E-state index contributed by atoms with van der Waals surface area (Å²) in [7, 11) is 0. The van der Waals surface area contributed by atoms with Crippen LogP contribution in [0.2, 0.25) is 5.02 Å². The van der Waals surface area contributed by atoms with Crippen LogP contribution in [0.4, 0.5) is 11.4 Å². The molecular weight excluding hydrogens is 588 g/mol. The van der Waals surface area contributed by atoms with Crippen LogP contribution in [0, 0.1) is 5.92 Å². The smallest absolute Gasteiger partial charge is 0.335 e. The lowest BCUT2D eigenvalue weighted by atomic mass is 9.98. The Morgan fingerprint density at radius 2 is 1.72 bits per heavy atom. The molecular formula is C32H29ClN4O5S. The second-order valence-corrected chi connectivity index (χ2v) is 11.7. The first kappa shape index (κ1) is 28.7. The summed E-state index contributed by atoms with van der Waals surface area (Å²) in [6, 6.07) is 18.1. The van der Waals surface area contributed by atoms with Crippen LogP contribution in [-0.4, -0.2) is 45.3 Å². The highest BCUT2D eigenvalue weighted by molar-refractivity contribution is 7.80. The predicted octanol–water partition coefficient (Wildman–Crippen LogP) is 6.80. The van der Waals surface area contributed by atoms with E-state index in [0.29, 0.717) is 33.1 Å². The molecule has 11 heteroatoms. The van der Waals surface area contributed by atoms with Crippen LogP contribution in [-0.2, 0) is 0 Å². The number of carboxylic acids is 2. The molecule has 0 bridgehead atoms. The number of aromatic nitrogens is 1. The molecule has 9 nitrogen and oxygen atoms in total. The minimum absolute atomic E-state index is 0.151. The molecule has 4 aromatic rings. The lowest BCUT2D eigenvalue weighted by Crippen LogP contribution is -2.33. The molecule has 6 rings (SSSR count). The van der Waals surface area contributed by atoms with Crippen molar-refractivity contribution in [1.82, 2.24) is 10.3 Å². The highest BCUT2D eigenvalue weighted by Crippen LogP contribution is 2.44. The first-order valence-corrected chi connectivity index (χ1v) is 14.7. The Bertz CT molecular complexity index is 1670. The Morgan fingerprint density at radius 1 is 1.00 bits per heavy atom. The number of anilines is 2. The van der Waals surface area contributed by atoms with E-state index in [9.17, 15) is 19.8 Å². The van der Waals surface area contributed by atoms with E-state index in [1.54, 1.807) is 18.3 Å². The zero-order chi connectivity index (χ0) is 30.2. The van der Waals surface area contributed by atoms with Crippen molar-refractivity contribution in [3.05, 3.63) is 101 Å². The van der Waals surface area contributed by atoms with E-state index in [0.717, 1.165) is 49.1 Å². The molecule has 2 aromatic heterocycles. The topological polar surface area (TPSA) is 119 Å². The molecule has 0 radical (unpaired) electrons. The summed E-state index contributed by atoms with van der Waals surface area (Å²) in [5, 5.41) is 23.6. The second kappa shape index (κ2) is 11.7. The summed E-state index contributed by atoms with van der Waals surface area (Å²) >= 11 is 12.7. The highest BCUT2D eigenvalue weighted by Gasteiger charge is 2.43. The Balaban J connectivity index is 1.40. The fraction of sp³-hybridized carbons (Fsp3) is 0.250. The molecule has 43 heavy (non-hydrogen) atoms. The molecule has 2 atom stereocenters. The van der Waals surface area contributed by atoms with E-state index in [-0.39, 0.29) is 17.2 Å². The van der Waals surface area contributed by atoms with Crippen LogP contribution in [0.5, 0.6) is 0 Å². The van der Waals surface area contributed by atoms with Gasteiger partial charge in [-0.25, -0.2) is 9.59 Å². The molecule has 4 heterocycles. The van der Waals surface area contributed by atoms with Gasteiger partial charge in [0.25, 0.3) is 0 Å². The maximum Gasteiger partial charge on any atom is 0.335 e. The van der Waals surface area contributed by atoms with Crippen molar-refractivity contribution in [3.63, 3.8) is 0 Å². The minimum atomic E-state index is -1.23. The van der Waals surface area contributed by atoms with Gasteiger partial charge in [-0.1, -0.05) is 24.6 Å².